The Kier molecular flexibility index (Phi) is 60.6. The van der Waals surface area contributed by atoms with Crippen molar-refractivity contribution in [2.75, 3.05) is 158 Å². The minimum Gasteiger partial charge on any atom is -0.870 e. The minimum absolute atomic E-state index is 0. The fraction of sp³-hybridized carbons (Fsp3) is 0.556. The number of nitrogens with two attached hydrogens (primary N) is 1. The molecule has 0 spiro atoms. The van der Waals surface area contributed by atoms with Gasteiger partial charge in [-0.25, -0.2) is 4.79 Å². The zero-order valence-corrected chi connectivity index (χ0v) is 59.3. The summed E-state index contributed by atoms with van der Waals surface area (Å²) in [6, 6.07) is 16.5. The number of para-hydroxylation sites is 3. The largest absolute Gasteiger partial charge is 2.00 e. The number of halogens is 1. The Morgan fingerprint density at radius 2 is 0.933 bits per heavy atom. The maximum absolute atomic E-state index is 11.6. The van der Waals surface area contributed by atoms with E-state index in [1.54, 1.807) is 70.7 Å². The van der Waals surface area contributed by atoms with E-state index in [4.69, 9.17) is 72.9 Å². The number of thioether (sulfide) groups is 2. The van der Waals surface area contributed by atoms with Gasteiger partial charge < -0.3 is 114 Å². The number of rotatable bonds is 36. The van der Waals surface area contributed by atoms with E-state index in [1.165, 1.54) is 49.5 Å². The number of hydrogen-bond acceptors (Lipinski definition) is 29. The van der Waals surface area contributed by atoms with Gasteiger partial charge in [0.1, 0.15) is 46.7 Å². The summed E-state index contributed by atoms with van der Waals surface area (Å²) in [5.41, 5.74) is 2.52. The summed E-state index contributed by atoms with van der Waals surface area (Å²) in [5, 5.41) is 70.9. The molecule has 0 amide bonds. The molecule has 2 heterocycles. The molecule has 0 bridgehead atoms. The van der Waals surface area contributed by atoms with E-state index in [0.29, 0.717) is 132 Å². The molecule has 3 atom stereocenters. The Morgan fingerprint density at radius 3 is 1.22 bits per heavy atom. The Balaban J connectivity index is -0.000000265. The first-order valence-corrected chi connectivity index (χ1v) is 28.1. The van der Waals surface area contributed by atoms with Crippen LogP contribution in [0.25, 0.3) is 0 Å². The Morgan fingerprint density at radius 1 is 0.618 bits per heavy atom. The van der Waals surface area contributed by atoms with Crippen molar-refractivity contribution in [3.05, 3.63) is 71.3 Å². The average molecular weight is 1370 g/mol. The molecule has 0 saturated heterocycles. The molecule has 3 aromatic carbocycles. The van der Waals surface area contributed by atoms with Gasteiger partial charge in [0.15, 0.2) is 28.5 Å². The Bertz CT molecular complexity index is 2410. The SMILES string of the molecule is COCCOCCOCCOc1cccc(C#N)c1[O-].COCCOCCOCCOc1cccc(C2=N[C@@](C)(C(=O)O)CS2)c1O.COCCOCCOCCOc1cccc(C2=N[C@@](C)(C(=O)[O-])CS2)c1O.C[C@@](N)(CS)C(=O)O.Cl.[Mg+2].[Mg+2].[Na+].[OH-].[OH-].[OH-]. The number of nitrogens with zero attached hydrogens (tertiary/aromatic N) is 3. The molecule has 28 nitrogen and oxygen atoms in total. The summed E-state index contributed by atoms with van der Waals surface area (Å²) in [5.74, 6) is -2.26. The summed E-state index contributed by atoms with van der Waals surface area (Å²) in [6.45, 7) is 12.3. The van der Waals surface area contributed by atoms with Crippen LogP contribution in [0.4, 0.5) is 0 Å². The average Bonchev–Trinajstić information content (AvgIpc) is 1.90. The summed E-state index contributed by atoms with van der Waals surface area (Å²) in [6.07, 6.45) is 0. The van der Waals surface area contributed by atoms with Gasteiger partial charge in [-0.1, -0.05) is 18.2 Å². The first kappa shape index (κ1) is 97.1. The van der Waals surface area contributed by atoms with Gasteiger partial charge in [-0.15, -0.1) is 35.9 Å². The molecule has 9 N–H and O–H groups in total. The van der Waals surface area contributed by atoms with Crippen molar-refractivity contribution < 1.29 is 148 Å². The summed E-state index contributed by atoms with van der Waals surface area (Å²) in [7, 11) is 4.84. The maximum Gasteiger partial charge on any atom is 2.00 e. The van der Waals surface area contributed by atoms with Gasteiger partial charge in [0.25, 0.3) is 0 Å². The minimum atomic E-state index is -1.29. The second-order valence-corrected chi connectivity index (χ2v) is 19.9. The number of nitriles is 1. The molecule has 5 rings (SSSR count). The Hall–Kier alpha value is -2.95. The van der Waals surface area contributed by atoms with Crippen molar-refractivity contribution in [3.63, 3.8) is 0 Å². The number of carbonyl (C=O) groups excluding carboxylic acids is 1. The monoisotopic (exact) mass is 1370 g/mol. The van der Waals surface area contributed by atoms with Gasteiger partial charge in [0.2, 0.25) is 0 Å². The molecule has 3 aromatic rings. The topological polar surface area (TPSA) is 454 Å². The van der Waals surface area contributed by atoms with E-state index < -0.39 is 40.3 Å². The van der Waals surface area contributed by atoms with Crippen LogP contribution in [0, 0.1) is 11.3 Å². The van der Waals surface area contributed by atoms with E-state index in [1.807, 2.05) is 6.07 Å². The van der Waals surface area contributed by atoms with Crippen molar-refractivity contribution in [1.82, 2.24) is 0 Å². The smallest absolute Gasteiger partial charge is 0.870 e. The summed E-state index contributed by atoms with van der Waals surface area (Å²) >= 11 is 6.30. The van der Waals surface area contributed by atoms with Crippen LogP contribution >= 0.6 is 48.6 Å². The first-order valence-electron chi connectivity index (χ1n) is 25.4. The number of hydrogen-bond donors (Lipinski definition) is 6. The third kappa shape index (κ3) is 37.5. The summed E-state index contributed by atoms with van der Waals surface area (Å²) in [4.78, 5) is 41.1. The van der Waals surface area contributed by atoms with Gasteiger partial charge in [-0.2, -0.15) is 17.9 Å². The van der Waals surface area contributed by atoms with Gasteiger partial charge in [0, 0.05) is 44.2 Å². The van der Waals surface area contributed by atoms with Crippen LogP contribution in [0.1, 0.15) is 37.5 Å². The van der Waals surface area contributed by atoms with E-state index in [-0.39, 0.29) is 164 Å². The molecule has 89 heavy (non-hydrogen) atoms. The van der Waals surface area contributed by atoms with Crippen LogP contribution in [0.2, 0.25) is 0 Å². The zero-order chi connectivity index (χ0) is 60.8. The number of carboxylic acids is 3. The summed E-state index contributed by atoms with van der Waals surface area (Å²) < 4.78 is 62.8. The molecule has 0 saturated carbocycles. The molecule has 2 aliphatic rings. The number of aliphatic carboxylic acids is 3. The number of phenols is 2. The second-order valence-electron chi connectivity index (χ2n) is 17.7. The molecule has 0 aliphatic carbocycles. The molecular formula is C54H80ClMg2N4NaO24S3. The molecule has 2 aliphatic heterocycles. The molecular weight excluding hydrogens is 1290 g/mol. The van der Waals surface area contributed by atoms with Crippen LogP contribution in [0.5, 0.6) is 34.5 Å². The number of aromatic hydroxyl groups is 2. The fourth-order valence-electron chi connectivity index (χ4n) is 5.92. The van der Waals surface area contributed by atoms with E-state index >= 15 is 0 Å². The number of benzene rings is 3. The molecule has 490 valence electrons. The molecule has 0 fully saturated rings. The predicted octanol–water partition coefficient (Wildman–Crippen LogP) is -1.22. The van der Waals surface area contributed by atoms with E-state index in [0.717, 1.165) is 0 Å². The van der Waals surface area contributed by atoms with Crippen LogP contribution in [-0.4, -0.2) is 285 Å². The number of carboxylic acid groups (broad SMARTS) is 3. The van der Waals surface area contributed by atoms with Gasteiger partial charge >= 0.3 is 87.6 Å². The van der Waals surface area contributed by atoms with Crippen molar-refractivity contribution in [2.45, 2.75) is 37.4 Å². The standard InChI is InChI=1S/2C18H25NO7S.C14H19NO5.C4H9NO2S.ClH.2Mg.Na.3H2O/c2*1-18(17(21)22)12-27-16(19-18)13-4-3-5-14(15(13)20)26-11-10-25-9-8-24-7-6-23-2;1-17-5-6-18-7-8-19-9-10-20-13-4-2-3-12(11-15)14(13)16;1-4(5,2-8)3(6)7;;;;;;;/h2*3-5,20H,6-12H2,1-2H3,(H,21,22);2-4,16H,5-10H2,1H3;8H,2,5H2,1H3,(H,6,7);1H;;;;3*1H2/q;;;;;2*+2;+1;;;/p-5/t2*18-;;4-;;;;;;;/m11.1......./s1. The Labute approximate surface area is 593 Å². The third-order valence-electron chi connectivity index (χ3n) is 10.8. The van der Waals surface area contributed by atoms with Crippen molar-refractivity contribution >= 4 is 123 Å². The van der Waals surface area contributed by atoms with Crippen molar-refractivity contribution in [1.29, 1.82) is 5.26 Å². The fourth-order valence-corrected chi connectivity index (χ4v) is 8.43. The van der Waals surface area contributed by atoms with Gasteiger partial charge in [0.05, 0.1) is 122 Å². The first-order chi connectivity index (χ1) is 39.2. The quantitative estimate of drug-likeness (QED) is 0.0226. The number of ether oxygens (including phenoxy) is 12. The number of thiol groups is 1. The van der Waals surface area contributed by atoms with Gasteiger partial charge in [-0.05, 0) is 62.9 Å². The molecule has 35 heteroatoms. The number of carbonyl (C=O) groups is 3. The third-order valence-corrected chi connectivity index (χ3v) is 14.1. The normalized spacial score (nSPS) is 15.4. The van der Waals surface area contributed by atoms with Crippen LogP contribution in [0.3, 0.4) is 0 Å². The van der Waals surface area contributed by atoms with Gasteiger partial charge in [-0.3, -0.25) is 14.8 Å². The zero-order valence-electron chi connectivity index (χ0n) is 51.1. The van der Waals surface area contributed by atoms with E-state index in [9.17, 15) is 39.9 Å². The molecule has 0 aromatic heterocycles. The van der Waals surface area contributed by atoms with Crippen molar-refractivity contribution in [2.24, 2.45) is 15.7 Å². The van der Waals surface area contributed by atoms with E-state index in [2.05, 4.69) is 22.6 Å². The number of methoxy groups -OCH3 is 3. The maximum atomic E-state index is 11.6. The predicted molar refractivity (Wildman–Crippen MR) is 330 cm³/mol. The van der Waals surface area contributed by atoms with Crippen LogP contribution < -0.4 is 59.7 Å². The van der Waals surface area contributed by atoms with Crippen molar-refractivity contribution in [3.8, 4) is 40.6 Å². The van der Waals surface area contributed by atoms with Crippen LogP contribution in [0.15, 0.2) is 64.6 Å². The number of phenolic OH excluding ortho intramolecular Hbond substituents is 2. The second kappa shape index (κ2) is 55.5. The molecule has 0 unspecified atom stereocenters. The molecule has 0 radical (unpaired) electrons. The number of aliphatic imine (C=N–C) groups is 2. The van der Waals surface area contributed by atoms with Crippen LogP contribution in [-0.2, 0) is 57.0 Å².